The number of halogens is 2. The molecule has 1 fully saturated rings. The van der Waals surface area contributed by atoms with Crippen LogP contribution in [0.1, 0.15) is 53.8 Å². The molecule has 1 aliphatic carbocycles. The van der Waals surface area contributed by atoms with Gasteiger partial charge in [0, 0.05) is 29.2 Å². The molecule has 1 aromatic carbocycles. The highest BCUT2D eigenvalue weighted by molar-refractivity contribution is 6.34. The molecule has 0 unspecified atom stereocenters. The molecule has 1 aromatic heterocycles. The lowest BCUT2D eigenvalue weighted by Gasteiger charge is -2.26. The van der Waals surface area contributed by atoms with Crippen LogP contribution in [0.25, 0.3) is 0 Å². The highest BCUT2D eigenvalue weighted by Crippen LogP contribution is 2.25. The normalized spacial score (nSPS) is 20.2. The number of carboxylic acids is 1. The zero-order chi connectivity index (χ0) is 24.2. The number of benzene rings is 1. The molecule has 2 N–H and O–H groups in total. The predicted octanol–water partition coefficient (Wildman–Crippen LogP) is 4.11. The Labute approximate surface area is 207 Å². The van der Waals surface area contributed by atoms with Gasteiger partial charge in [-0.05, 0) is 61.9 Å². The van der Waals surface area contributed by atoms with E-state index in [0.29, 0.717) is 66.5 Å². The quantitative estimate of drug-likeness (QED) is 0.628. The SMILES string of the molecule is O=C(NC1CCC(C(=O)O)CC1)c1cc2n(n1)CCCN(C(=O)OCc1cc(Cl)cc(Cl)c1)C2. The number of nitrogens with one attached hydrogen (secondary N) is 1. The number of aliphatic carboxylic acids is 1. The van der Waals surface area contributed by atoms with Crippen LogP contribution in [-0.2, 0) is 29.2 Å². The molecule has 0 bridgehead atoms. The zero-order valence-electron chi connectivity index (χ0n) is 18.5. The molecule has 2 aromatic rings. The second-order valence-corrected chi connectivity index (χ2v) is 9.58. The minimum Gasteiger partial charge on any atom is -0.481 e. The van der Waals surface area contributed by atoms with Crippen molar-refractivity contribution in [3.63, 3.8) is 0 Å². The Morgan fingerprint density at radius 3 is 2.44 bits per heavy atom. The number of ether oxygens (including phenoxy) is 1. The molecule has 2 heterocycles. The summed E-state index contributed by atoms with van der Waals surface area (Å²) in [5, 5.41) is 17.5. The molecule has 2 amide bonds. The van der Waals surface area contributed by atoms with Crippen LogP contribution in [0.15, 0.2) is 24.3 Å². The van der Waals surface area contributed by atoms with Crippen molar-refractivity contribution in [2.75, 3.05) is 6.54 Å². The lowest BCUT2D eigenvalue weighted by Crippen LogP contribution is -2.39. The number of carboxylic acid groups (broad SMARTS) is 1. The summed E-state index contributed by atoms with van der Waals surface area (Å²) < 4.78 is 7.20. The summed E-state index contributed by atoms with van der Waals surface area (Å²) in [6, 6.07) is 6.63. The molecule has 2 aliphatic rings. The van der Waals surface area contributed by atoms with Crippen molar-refractivity contribution in [2.24, 2.45) is 5.92 Å². The third-order valence-electron chi connectivity index (χ3n) is 6.20. The average Bonchev–Trinajstić information content (AvgIpc) is 3.09. The van der Waals surface area contributed by atoms with Crippen molar-refractivity contribution in [2.45, 2.75) is 57.8 Å². The maximum atomic E-state index is 12.7. The molecule has 1 saturated carbocycles. The summed E-state index contributed by atoms with van der Waals surface area (Å²) in [4.78, 5) is 38.1. The Bertz CT molecular complexity index is 1060. The summed E-state index contributed by atoms with van der Waals surface area (Å²) in [6.45, 7) is 1.42. The van der Waals surface area contributed by atoms with Gasteiger partial charge >= 0.3 is 12.1 Å². The topological polar surface area (TPSA) is 114 Å². The van der Waals surface area contributed by atoms with Gasteiger partial charge in [0.1, 0.15) is 6.61 Å². The third-order valence-corrected chi connectivity index (χ3v) is 6.64. The molecule has 1 aliphatic heterocycles. The molecule has 0 radical (unpaired) electrons. The number of carbonyl (C=O) groups excluding carboxylic acids is 2. The minimum atomic E-state index is -0.776. The Hall–Kier alpha value is -2.78. The van der Waals surface area contributed by atoms with Crippen molar-refractivity contribution in [3.8, 4) is 0 Å². The first-order valence-electron chi connectivity index (χ1n) is 11.3. The van der Waals surface area contributed by atoms with Crippen LogP contribution in [0.5, 0.6) is 0 Å². The molecule has 182 valence electrons. The van der Waals surface area contributed by atoms with Crippen molar-refractivity contribution in [3.05, 3.63) is 51.3 Å². The lowest BCUT2D eigenvalue weighted by molar-refractivity contribution is -0.142. The van der Waals surface area contributed by atoms with E-state index in [1.165, 1.54) is 0 Å². The van der Waals surface area contributed by atoms with Gasteiger partial charge in [0.15, 0.2) is 5.69 Å². The maximum Gasteiger partial charge on any atom is 0.410 e. The lowest BCUT2D eigenvalue weighted by atomic mass is 9.86. The standard InChI is InChI=1S/C23H26Cl2N4O5/c24-16-8-14(9-17(25)10-16)13-34-23(33)28-6-1-7-29-19(12-28)11-20(27-29)21(30)26-18-4-2-15(3-5-18)22(31)32/h8-11,15,18H,1-7,12-13H2,(H,26,30)(H,31,32). The van der Waals surface area contributed by atoms with E-state index in [1.54, 1.807) is 33.8 Å². The third kappa shape index (κ3) is 6.01. The second kappa shape index (κ2) is 10.7. The second-order valence-electron chi connectivity index (χ2n) is 8.71. The van der Waals surface area contributed by atoms with E-state index >= 15 is 0 Å². The number of aryl methyl sites for hydroxylation is 1. The van der Waals surface area contributed by atoms with E-state index in [4.69, 9.17) is 33.0 Å². The van der Waals surface area contributed by atoms with Crippen LogP contribution in [-0.4, -0.2) is 50.3 Å². The van der Waals surface area contributed by atoms with Gasteiger partial charge in [-0.15, -0.1) is 0 Å². The summed E-state index contributed by atoms with van der Waals surface area (Å²) >= 11 is 12.0. The number of aromatic nitrogens is 2. The summed E-state index contributed by atoms with van der Waals surface area (Å²) in [7, 11) is 0. The average molecular weight is 509 g/mol. The smallest absolute Gasteiger partial charge is 0.410 e. The molecule has 0 atom stereocenters. The van der Waals surface area contributed by atoms with Gasteiger partial charge in [-0.1, -0.05) is 23.2 Å². The number of nitrogens with zero attached hydrogens (tertiary/aromatic N) is 3. The van der Waals surface area contributed by atoms with E-state index in [-0.39, 0.29) is 31.0 Å². The van der Waals surface area contributed by atoms with Crippen LogP contribution in [0, 0.1) is 5.92 Å². The van der Waals surface area contributed by atoms with E-state index in [1.807, 2.05) is 0 Å². The number of rotatable bonds is 5. The first kappa shape index (κ1) is 24.3. The fourth-order valence-corrected chi connectivity index (χ4v) is 4.97. The van der Waals surface area contributed by atoms with E-state index < -0.39 is 12.1 Å². The number of hydrogen-bond donors (Lipinski definition) is 2. The molecule has 0 saturated heterocycles. The molecule has 4 rings (SSSR count). The Kier molecular flexibility index (Phi) is 7.63. The highest BCUT2D eigenvalue weighted by Gasteiger charge is 2.28. The molecule has 34 heavy (non-hydrogen) atoms. The number of fused-ring (bicyclic) bond motifs is 1. The molecular weight excluding hydrogens is 483 g/mol. The first-order chi connectivity index (χ1) is 16.3. The Morgan fingerprint density at radius 2 is 1.76 bits per heavy atom. The highest BCUT2D eigenvalue weighted by atomic mass is 35.5. The van der Waals surface area contributed by atoms with Crippen LogP contribution in [0.3, 0.4) is 0 Å². The molecule has 0 spiro atoms. The molecule has 11 heteroatoms. The van der Waals surface area contributed by atoms with Crippen molar-refractivity contribution < 1.29 is 24.2 Å². The monoisotopic (exact) mass is 508 g/mol. The minimum absolute atomic E-state index is 0.0483. The van der Waals surface area contributed by atoms with Gasteiger partial charge in [-0.3, -0.25) is 14.3 Å². The molecule has 9 nitrogen and oxygen atoms in total. The van der Waals surface area contributed by atoms with Crippen molar-refractivity contribution in [1.29, 1.82) is 0 Å². The summed E-state index contributed by atoms with van der Waals surface area (Å²) in [5.74, 6) is -1.40. The van der Waals surface area contributed by atoms with Crippen LogP contribution < -0.4 is 5.32 Å². The van der Waals surface area contributed by atoms with Gasteiger partial charge in [0.05, 0.1) is 18.2 Å². The fraction of sp³-hybridized carbons (Fsp3) is 0.478. The van der Waals surface area contributed by atoms with Gasteiger partial charge < -0.3 is 20.1 Å². The van der Waals surface area contributed by atoms with E-state index in [9.17, 15) is 14.4 Å². The van der Waals surface area contributed by atoms with Gasteiger partial charge in [0.25, 0.3) is 5.91 Å². The van der Waals surface area contributed by atoms with Crippen molar-refractivity contribution in [1.82, 2.24) is 20.0 Å². The maximum absolute atomic E-state index is 12.7. The Morgan fingerprint density at radius 1 is 1.06 bits per heavy atom. The van der Waals surface area contributed by atoms with Gasteiger partial charge in [-0.25, -0.2) is 4.79 Å². The molecular formula is C23H26Cl2N4O5. The van der Waals surface area contributed by atoms with Gasteiger partial charge in [-0.2, -0.15) is 5.10 Å². The fourth-order valence-electron chi connectivity index (χ4n) is 4.40. The Balaban J connectivity index is 1.34. The number of carbonyl (C=O) groups is 3. The van der Waals surface area contributed by atoms with Crippen LogP contribution in [0.2, 0.25) is 10.0 Å². The van der Waals surface area contributed by atoms with Gasteiger partial charge in [0.2, 0.25) is 0 Å². The number of hydrogen-bond acceptors (Lipinski definition) is 5. The van der Waals surface area contributed by atoms with Crippen LogP contribution in [0.4, 0.5) is 4.79 Å². The zero-order valence-corrected chi connectivity index (χ0v) is 20.0. The largest absolute Gasteiger partial charge is 0.481 e. The summed E-state index contributed by atoms with van der Waals surface area (Å²) in [5.41, 5.74) is 1.74. The van der Waals surface area contributed by atoms with E-state index in [2.05, 4.69) is 10.4 Å². The summed E-state index contributed by atoms with van der Waals surface area (Å²) in [6.07, 6.45) is 2.58. The predicted molar refractivity (Wildman–Crippen MR) is 125 cm³/mol. The van der Waals surface area contributed by atoms with Crippen LogP contribution >= 0.6 is 23.2 Å². The van der Waals surface area contributed by atoms with Crippen molar-refractivity contribution >= 4 is 41.2 Å². The van der Waals surface area contributed by atoms with E-state index in [0.717, 1.165) is 5.69 Å². The first-order valence-corrected chi connectivity index (χ1v) is 12.0. The number of amides is 2.